The Bertz CT molecular complexity index is 660. The molecule has 6 aliphatic rings. The number of likely N-dealkylation sites (N-methyl/N-ethyl adjacent to an activating group) is 1. The molecule has 5 saturated heterocycles. The Morgan fingerprint density at radius 2 is 1.74 bits per heavy atom. The first-order valence-electron chi connectivity index (χ1n) is 12.5. The van der Waals surface area contributed by atoms with Gasteiger partial charge in [-0.25, -0.2) is 9.78 Å². The van der Waals surface area contributed by atoms with Crippen molar-refractivity contribution in [3.05, 3.63) is 0 Å². The zero-order valence-electron chi connectivity index (χ0n) is 20.0. The van der Waals surface area contributed by atoms with Gasteiger partial charge in [0.1, 0.15) is 0 Å². The lowest BCUT2D eigenvalue weighted by Gasteiger charge is -2.62. The molecule has 1 unspecified atom stereocenters. The first-order valence-corrected chi connectivity index (χ1v) is 12.5. The van der Waals surface area contributed by atoms with E-state index in [1.165, 1.54) is 19.3 Å². The van der Waals surface area contributed by atoms with Gasteiger partial charge in [-0.1, -0.05) is 13.8 Å². The second-order valence-electron chi connectivity index (χ2n) is 11.1. The van der Waals surface area contributed by atoms with Gasteiger partial charge in [0.05, 0.1) is 6.61 Å². The number of fused-ring (bicyclic) bond motifs is 2. The molecular weight excluding hydrogens is 396 g/mol. The van der Waals surface area contributed by atoms with E-state index in [-0.39, 0.29) is 5.92 Å². The first-order chi connectivity index (χ1) is 14.8. The maximum atomic E-state index is 6.69. The van der Waals surface area contributed by atoms with Gasteiger partial charge in [0.2, 0.25) is 5.79 Å². The fraction of sp³-hybridized carbons (Fsp3) is 1.00. The number of ether oxygens (including phenoxy) is 3. The molecule has 1 saturated carbocycles. The smallest absolute Gasteiger partial charge is 0.201 e. The van der Waals surface area contributed by atoms with Crippen LogP contribution in [0.5, 0.6) is 0 Å². The zero-order valence-corrected chi connectivity index (χ0v) is 20.0. The zero-order chi connectivity index (χ0) is 21.9. The number of nitrogens with zero attached hydrogens (tertiary/aromatic N) is 1. The summed E-state index contributed by atoms with van der Waals surface area (Å²) in [5.41, 5.74) is -0.526. The summed E-state index contributed by atoms with van der Waals surface area (Å²) in [6.07, 6.45) is 6.16. The average Bonchev–Trinajstić information content (AvgIpc) is 2.98. The summed E-state index contributed by atoms with van der Waals surface area (Å²) in [7, 11) is 2.22. The number of piperidine rings is 1. The van der Waals surface area contributed by atoms with Crippen LogP contribution in [0, 0.1) is 23.7 Å². The van der Waals surface area contributed by atoms with Crippen LogP contribution in [0.1, 0.15) is 66.2 Å². The van der Waals surface area contributed by atoms with Gasteiger partial charge in [-0.3, -0.25) is 0 Å². The topological polar surface area (TPSA) is 61.4 Å². The molecule has 8 atom stereocenters. The third kappa shape index (κ3) is 3.69. The Morgan fingerprint density at radius 1 is 0.968 bits per heavy atom. The molecule has 6 fully saturated rings. The SMILES string of the molecule is C[C@@H]1CC[C@H]2[C@@H](C)[C@@](C)(OCCN(C)C3CCNCC3)O[C@@H]3O[C@]4(C)CCC1[C@]32OO4. The van der Waals surface area contributed by atoms with E-state index in [4.69, 9.17) is 24.0 Å². The van der Waals surface area contributed by atoms with Gasteiger partial charge in [-0.05, 0) is 77.9 Å². The number of hydrogen-bond donors (Lipinski definition) is 1. The highest BCUT2D eigenvalue weighted by Gasteiger charge is 2.71. The maximum absolute atomic E-state index is 6.69. The van der Waals surface area contributed by atoms with Crippen molar-refractivity contribution in [1.82, 2.24) is 10.2 Å². The van der Waals surface area contributed by atoms with Crippen molar-refractivity contribution in [2.24, 2.45) is 23.7 Å². The molecule has 31 heavy (non-hydrogen) atoms. The van der Waals surface area contributed by atoms with Crippen molar-refractivity contribution in [1.29, 1.82) is 0 Å². The van der Waals surface area contributed by atoms with Gasteiger partial charge in [0.15, 0.2) is 17.7 Å². The first kappa shape index (κ1) is 22.5. The van der Waals surface area contributed by atoms with Gasteiger partial charge >= 0.3 is 0 Å². The van der Waals surface area contributed by atoms with Crippen LogP contribution in [-0.4, -0.2) is 67.7 Å². The molecule has 5 aliphatic heterocycles. The molecule has 0 aromatic carbocycles. The predicted molar refractivity (Wildman–Crippen MR) is 116 cm³/mol. The Kier molecular flexibility index (Phi) is 5.94. The molecule has 6 rings (SSSR count). The van der Waals surface area contributed by atoms with E-state index < -0.39 is 23.5 Å². The Balaban J connectivity index is 1.31. The van der Waals surface area contributed by atoms with Crippen molar-refractivity contribution in [2.75, 3.05) is 33.3 Å². The fourth-order valence-electron chi connectivity index (χ4n) is 7.06. The lowest BCUT2D eigenvalue weighted by atomic mass is 9.57. The second kappa shape index (κ2) is 8.19. The van der Waals surface area contributed by atoms with Crippen LogP contribution >= 0.6 is 0 Å². The van der Waals surface area contributed by atoms with Crippen molar-refractivity contribution < 1.29 is 24.0 Å². The van der Waals surface area contributed by atoms with Crippen LogP contribution < -0.4 is 5.32 Å². The molecule has 178 valence electrons. The van der Waals surface area contributed by atoms with Crippen molar-refractivity contribution in [2.45, 2.75) is 95.7 Å². The molecule has 0 radical (unpaired) electrons. The fourth-order valence-corrected chi connectivity index (χ4v) is 7.06. The standard InChI is InChI=1S/C24H42N2O5/c1-16-6-7-20-17(2)23(4,27-15-14-26(5)18-9-12-25-13-10-18)29-21-24(20)19(16)8-11-22(3,28-21)30-31-24/h16-21,25H,6-15H2,1-5H3/t16-,17-,19?,20+,21+,22+,23+,24-/m1/s1. The van der Waals surface area contributed by atoms with Crippen molar-refractivity contribution >= 4 is 0 Å². The molecule has 0 amide bonds. The quantitative estimate of drug-likeness (QED) is 0.661. The van der Waals surface area contributed by atoms with E-state index in [2.05, 4.69) is 38.0 Å². The van der Waals surface area contributed by atoms with E-state index >= 15 is 0 Å². The summed E-state index contributed by atoms with van der Waals surface area (Å²) >= 11 is 0. The Hall–Kier alpha value is -0.280. The minimum absolute atomic E-state index is 0.192. The van der Waals surface area contributed by atoms with Gasteiger partial charge in [0, 0.05) is 30.8 Å². The third-order valence-corrected chi connectivity index (χ3v) is 9.31. The lowest BCUT2D eigenvalue weighted by Crippen LogP contribution is -2.73. The van der Waals surface area contributed by atoms with Crippen LogP contribution in [-0.2, 0) is 24.0 Å². The van der Waals surface area contributed by atoms with Gasteiger partial charge in [-0.2, -0.15) is 0 Å². The number of nitrogens with one attached hydrogen (secondary N) is 1. The third-order valence-electron chi connectivity index (χ3n) is 9.31. The molecule has 1 spiro atoms. The molecular formula is C24H42N2O5. The summed E-state index contributed by atoms with van der Waals surface area (Å²) in [6, 6.07) is 0.637. The van der Waals surface area contributed by atoms with Gasteiger partial charge in [0.25, 0.3) is 0 Å². The van der Waals surface area contributed by atoms with Crippen LogP contribution in [0.4, 0.5) is 0 Å². The maximum Gasteiger partial charge on any atom is 0.201 e. The second-order valence-corrected chi connectivity index (χ2v) is 11.1. The average molecular weight is 439 g/mol. The molecule has 1 aliphatic carbocycles. The summed E-state index contributed by atoms with van der Waals surface area (Å²) < 4.78 is 19.7. The van der Waals surface area contributed by atoms with Crippen molar-refractivity contribution in [3.8, 4) is 0 Å². The summed E-state index contributed by atoms with van der Waals surface area (Å²) in [5, 5.41) is 3.45. The molecule has 7 heteroatoms. The van der Waals surface area contributed by atoms with Gasteiger partial charge in [-0.15, -0.1) is 0 Å². The molecule has 0 aromatic heterocycles. The van der Waals surface area contributed by atoms with Crippen LogP contribution in [0.25, 0.3) is 0 Å². The number of rotatable bonds is 5. The van der Waals surface area contributed by atoms with Crippen molar-refractivity contribution in [3.63, 3.8) is 0 Å². The molecule has 1 N–H and O–H groups in total. The van der Waals surface area contributed by atoms with E-state index in [0.717, 1.165) is 38.9 Å². The highest BCUT2D eigenvalue weighted by molar-refractivity contribution is 5.10. The van der Waals surface area contributed by atoms with Crippen LogP contribution in [0.15, 0.2) is 0 Å². The monoisotopic (exact) mass is 438 g/mol. The molecule has 0 aromatic rings. The molecule has 7 nitrogen and oxygen atoms in total. The Labute approximate surface area is 187 Å². The summed E-state index contributed by atoms with van der Waals surface area (Å²) in [4.78, 5) is 14.6. The number of hydrogen-bond acceptors (Lipinski definition) is 7. The molecule has 5 heterocycles. The summed E-state index contributed by atoms with van der Waals surface area (Å²) in [5.74, 6) is 0.0172. The van der Waals surface area contributed by atoms with E-state index in [0.29, 0.717) is 30.4 Å². The highest BCUT2D eigenvalue weighted by Crippen LogP contribution is 2.62. The highest BCUT2D eigenvalue weighted by atomic mass is 17.3. The van der Waals surface area contributed by atoms with E-state index in [1.807, 2.05) is 6.92 Å². The normalized spacial score (nSPS) is 50.3. The van der Waals surface area contributed by atoms with E-state index in [9.17, 15) is 0 Å². The van der Waals surface area contributed by atoms with Gasteiger partial charge < -0.3 is 24.4 Å². The van der Waals surface area contributed by atoms with E-state index in [1.54, 1.807) is 0 Å². The van der Waals surface area contributed by atoms with Crippen LogP contribution in [0.3, 0.4) is 0 Å². The predicted octanol–water partition coefficient (Wildman–Crippen LogP) is 3.28. The van der Waals surface area contributed by atoms with Crippen LogP contribution in [0.2, 0.25) is 0 Å². The summed E-state index contributed by atoms with van der Waals surface area (Å²) in [6.45, 7) is 12.5. The largest absolute Gasteiger partial charge is 0.348 e. The Morgan fingerprint density at radius 3 is 2.52 bits per heavy atom. The molecule has 2 bridgehead atoms. The lowest BCUT2D eigenvalue weighted by molar-refractivity contribution is -0.585. The minimum Gasteiger partial charge on any atom is -0.348 e. The minimum atomic E-state index is -0.742.